The summed E-state index contributed by atoms with van der Waals surface area (Å²) in [6.45, 7) is 4.43. The molecule has 2 aromatic carbocycles. The Kier molecular flexibility index (Phi) is 6.49. The number of anilines is 1. The second-order valence-corrected chi connectivity index (χ2v) is 5.65. The van der Waals surface area contributed by atoms with E-state index in [9.17, 15) is 4.79 Å². The molecule has 0 atom stereocenters. The average Bonchev–Trinajstić information content (AvgIpc) is 2.56. The number of carbonyl (C=O) groups excluding carboxylic acids is 1. The van der Waals surface area contributed by atoms with Crippen LogP contribution in [0.1, 0.15) is 19.4 Å². The Hall–Kier alpha value is -2.69. The molecule has 0 heterocycles. The molecular weight excluding hydrogens is 304 g/mol. The third-order valence-corrected chi connectivity index (χ3v) is 3.33. The summed E-state index contributed by atoms with van der Waals surface area (Å²) in [7, 11) is 1.64. The normalized spacial score (nSPS) is 10.3. The van der Waals surface area contributed by atoms with Gasteiger partial charge in [-0.05, 0) is 50.1 Å². The van der Waals surface area contributed by atoms with Gasteiger partial charge in [-0.3, -0.25) is 0 Å². The van der Waals surface area contributed by atoms with Gasteiger partial charge < -0.3 is 20.1 Å². The van der Waals surface area contributed by atoms with E-state index in [1.54, 1.807) is 7.11 Å². The van der Waals surface area contributed by atoms with Crippen LogP contribution in [0.2, 0.25) is 0 Å². The van der Waals surface area contributed by atoms with E-state index in [4.69, 9.17) is 9.47 Å². The van der Waals surface area contributed by atoms with Gasteiger partial charge in [0, 0.05) is 6.54 Å². The van der Waals surface area contributed by atoms with Gasteiger partial charge in [0.15, 0.2) is 0 Å². The molecule has 2 N–H and O–H groups in total. The molecule has 0 saturated heterocycles. The Morgan fingerprint density at radius 2 is 1.92 bits per heavy atom. The maximum atomic E-state index is 12.1. The van der Waals surface area contributed by atoms with Gasteiger partial charge >= 0.3 is 6.03 Å². The van der Waals surface area contributed by atoms with Crippen LogP contribution in [0.5, 0.6) is 11.5 Å². The van der Waals surface area contributed by atoms with Gasteiger partial charge in [-0.15, -0.1) is 0 Å². The van der Waals surface area contributed by atoms with Crippen LogP contribution in [0.3, 0.4) is 0 Å². The van der Waals surface area contributed by atoms with Crippen LogP contribution in [0.4, 0.5) is 10.5 Å². The minimum Gasteiger partial charge on any atom is -0.497 e. The van der Waals surface area contributed by atoms with Gasteiger partial charge in [0.05, 0.1) is 18.9 Å². The lowest BCUT2D eigenvalue weighted by atomic mass is 10.1. The predicted octanol–water partition coefficient (Wildman–Crippen LogP) is 3.85. The number of nitrogens with one attached hydrogen (secondary N) is 2. The maximum Gasteiger partial charge on any atom is 0.319 e. The number of hydrogen-bond donors (Lipinski definition) is 2. The summed E-state index contributed by atoms with van der Waals surface area (Å²) in [4.78, 5) is 12.1. The predicted molar refractivity (Wildman–Crippen MR) is 95.9 cm³/mol. The summed E-state index contributed by atoms with van der Waals surface area (Å²) in [5.41, 5.74) is 1.77. The summed E-state index contributed by atoms with van der Waals surface area (Å²) in [6.07, 6.45) is 0.776. The van der Waals surface area contributed by atoms with Crippen molar-refractivity contribution in [2.45, 2.75) is 26.4 Å². The van der Waals surface area contributed by atoms with E-state index in [1.165, 1.54) is 0 Å². The fraction of sp³-hybridized carbons (Fsp3) is 0.316. The third kappa shape index (κ3) is 5.50. The van der Waals surface area contributed by atoms with Crippen molar-refractivity contribution in [2.24, 2.45) is 0 Å². The van der Waals surface area contributed by atoms with Crippen LogP contribution in [0.25, 0.3) is 0 Å². The van der Waals surface area contributed by atoms with Crippen LogP contribution >= 0.6 is 0 Å². The van der Waals surface area contributed by atoms with E-state index < -0.39 is 0 Å². The van der Waals surface area contributed by atoms with Crippen molar-refractivity contribution >= 4 is 11.7 Å². The molecular formula is C19H24N2O3. The highest BCUT2D eigenvalue weighted by Gasteiger charge is 2.08. The molecule has 0 aromatic heterocycles. The molecule has 0 unspecified atom stereocenters. The lowest BCUT2D eigenvalue weighted by Crippen LogP contribution is -2.30. The van der Waals surface area contributed by atoms with Crippen molar-refractivity contribution in [3.8, 4) is 11.5 Å². The highest BCUT2D eigenvalue weighted by molar-refractivity contribution is 5.90. The molecule has 0 aliphatic carbocycles. The van der Waals surface area contributed by atoms with E-state index in [2.05, 4.69) is 10.6 Å². The third-order valence-electron chi connectivity index (χ3n) is 3.33. The molecule has 0 bridgehead atoms. The van der Waals surface area contributed by atoms with Gasteiger partial charge in [-0.1, -0.05) is 24.3 Å². The van der Waals surface area contributed by atoms with Gasteiger partial charge in [0.2, 0.25) is 0 Å². The molecule has 2 amide bonds. The molecule has 0 aliphatic rings. The second kappa shape index (κ2) is 8.82. The van der Waals surface area contributed by atoms with Crippen LogP contribution < -0.4 is 20.1 Å². The van der Waals surface area contributed by atoms with Crippen molar-refractivity contribution in [2.75, 3.05) is 19.0 Å². The van der Waals surface area contributed by atoms with E-state index >= 15 is 0 Å². The molecule has 0 fully saturated rings. The first-order chi connectivity index (χ1) is 11.6. The zero-order valence-corrected chi connectivity index (χ0v) is 14.3. The van der Waals surface area contributed by atoms with Gasteiger partial charge in [0.1, 0.15) is 11.5 Å². The van der Waals surface area contributed by atoms with E-state index in [-0.39, 0.29) is 12.1 Å². The molecule has 2 rings (SSSR count). The number of urea groups is 1. The van der Waals surface area contributed by atoms with Crippen molar-refractivity contribution in [1.82, 2.24) is 5.32 Å². The zero-order chi connectivity index (χ0) is 17.4. The number of methoxy groups -OCH3 is 1. The molecule has 128 valence electrons. The molecule has 5 heteroatoms. The van der Waals surface area contributed by atoms with Crippen molar-refractivity contribution in [3.05, 3.63) is 54.1 Å². The maximum absolute atomic E-state index is 12.1. The smallest absolute Gasteiger partial charge is 0.319 e. The first kappa shape index (κ1) is 17.7. The SMILES string of the molecule is COc1cccc(CCNC(=O)Nc2ccccc2OC(C)C)c1. The highest BCUT2D eigenvalue weighted by atomic mass is 16.5. The summed E-state index contributed by atoms with van der Waals surface area (Å²) < 4.78 is 10.9. The average molecular weight is 328 g/mol. The van der Waals surface area contributed by atoms with Crippen molar-refractivity contribution in [1.29, 1.82) is 0 Å². The number of hydrogen-bond acceptors (Lipinski definition) is 3. The highest BCUT2D eigenvalue weighted by Crippen LogP contribution is 2.24. The number of carbonyl (C=O) groups is 1. The minimum absolute atomic E-state index is 0.0454. The number of rotatable bonds is 7. The van der Waals surface area contributed by atoms with Gasteiger partial charge in [-0.25, -0.2) is 4.79 Å². The first-order valence-electron chi connectivity index (χ1n) is 8.02. The van der Waals surface area contributed by atoms with E-state index in [0.717, 1.165) is 17.7 Å². The quantitative estimate of drug-likeness (QED) is 0.812. The first-order valence-corrected chi connectivity index (χ1v) is 8.02. The Balaban J connectivity index is 1.85. The van der Waals surface area contributed by atoms with Crippen molar-refractivity contribution < 1.29 is 14.3 Å². The summed E-state index contributed by atoms with van der Waals surface area (Å²) in [5.74, 6) is 1.48. The van der Waals surface area contributed by atoms with Crippen LogP contribution in [0, 0.1) is 0 Å². The van der Waals surface area contributed by atoms with Crippen LogP contribution in [-0.2, 0) is 6.42 Å². The van der Waals surface area contributed by atoms with Gasteiger partial charge in [0.25, 0.3) is 0 Å². The Bertz CT molecular complexity index is 671. The second-order valence-electron chi connectivity index (χ2n) is 5.65. The number of para-hydroxylation sites is 2. The number of amides is 2. The standard InChI is InChI=1S/C19H24N2O3/c1-14(2)24-18-10-5-4-9-17(18)21-19(22)20-12-11-15-7-6-8-16(13-15)23-3/h4-10,13-14H,11-12H2,1-3H3,(H2,20,21,22). The van der Waals surface area contributed by atoms with Crippen LogP contribution in [0.15, 0.2) is 48.5 Å². The van der Waals surface area contributed by atoms with Crippen molar-refractivity contribution in [3.63, 3.8) is 0 Å². The van der Waals surface area contributed by atoms with E-state index in [1.807, 2.05) is 62.4 Å². The molecule has 0 radical (unpaired) electrons. The zero-order valence-electron chi connectivity index (χ0n) is 14.3. The Morgan fingerprint density at radius 3 is 2.67 bits per heavy atom. The molecule has 0 aliphatic heterocycles. The molecule has 2 aromatic rings. The molecule has 0 spiro atoms. The van der Waals surface area contributed by atoms with Crippen LogP contribution in [-0.4, -0.2) is 25.8 Å². The molecule has 24 heavy (non-hydrogen) atoms. The number of benzene rings is 2. The van der Waals surface area contributed by atoms with Gasteiger partial charge in [-0.2, -0.15) is 0 Å². The fourth-order valence-corrected chi connectivity index (χ4v) is 2.24. The fourth-order valence-electron chi connectivity index (χ4n) is 2.24. The largest absolute Gasteiger partial charge is 0.497 e. The van der Waals surface area contributed by atoms with E-state index in [0.29, 0.717) is 18.0 Å². The topological polar surface area (TPSA) is 59.6 Å². The lowest BCUT2D eigenvalue weighted by Gasteiger charge is -2.15. The summed E-state index contributed by atoms with van der Waals surface area (Å²) >= 11 is 0. The summed E-state index contributed by atoms with van der Waals surface area (Å²) in [6, 6.07) is 15.0. The monoisotopic (exact) mass is 328 g/mol. The minimum atomic E-state index is -0.252. The number of ether oxygens (including phenoxy) is 2. The molecule has 0 saturated carbocycles. The summed E-state index contributed by atoms with van der Waals surface area (Å²) in [5, 5.41) is 5.68. The Labute approximate surface area is 143 Å². The molecule has 5 nitrogen and oxygen atoms in total. The Morgan fingerprint density at radius 1 is 1.12 bits per heavy atom. The lowest BCUT2D eigenvalue weighted by molar-refractivity contribution is 0.241.